The van der Waals surface area contributed by atoms with Crippen molar-refractivity contribution in [2.24, 2.45) is 11.7 Å². The van der Waals surface area contributed by atoms with Crippen LogP contribution < -0.4 is 16.0 Å². The number of quaternary nitrogens is 1. The molecule has 2 atom stereocenters. The highest BCUT2D eigenvalue weighted by molar-refractivity contribution is 7.14. The van der Waals surface area contributed by atoms with Crippen LogP contribution in [0.25, 0.3) is 0 Å². The van der Waals surface area contributed by atoms with Crippen LogP contribution in [0.15, 0.2) is 22.9 Å². The Morgan fingerprint density at radius 2 is 2.04 bits per heavy atom. The molecule has 4 rings (SSSR count). The second-order valence-electron chi connectivity index (χ2n) is 6.53. The molecule has 0 aromatic carbocycles. The number of nitrogens with one attached hydrogen (secondary N) is 2. The molecule has 0 radical (unpaired) electrons. The normalized spacial score (nSPS) is 22.8. The van der Waals surface area contributed by atoms with E-state index in [1.165, 1.54) is 39.5 Å². The zero-order chi connectivity index (χ0) is 16.7. The van der Waals surface area contributed by atoms with Gasteiger partial charge in [0.05, 0.1) is 12.1 Å². The van der Waals surface area contributed by atoms with Gasteiger partial charge in [-0.15, -0.1) is 22.7 Å². The van der Waals surface area contributed by atoms with Crippen LogP contribution >= 0.6 is 22.7 Å². The second-order valence-corrected chi connectivity index (χ2v) is 8.44. The van der Waals surface area contributed by atoms with E-state index in [2.05, 4.69) is 16.8 Å². The fraction of sp³-hybridized carbons (Fsp3) is 0.412. The van der Waals surface area contributed by atoms with Gasteiger partial charge in [0.2, 0.25) is 0 Å². The van der Waals surface area contributed by atoms with Gasteiger partial charge in [-0.05, 0) is 35.7 Å². The van der Waals surface area contributed by atoms with Gasteiger partial charge in [0.25, 0.3) is 11.8 Å². The lowest BCUT2D eigenvalue weighted by Crippen LogP contribution is -3.14. The number of carbonyl (C=O) groups excluding carboxylic acids is 2. The third-order valence-electron chi connectivity index (χ3n) is 4.89. The number of fused-ring (bicyclic) bond motifs is 1. The number of carbonyl (C=O) groups is 2. The average molecular weight is 363 g/mol. The summed E-state index contributed by atoms with van der Waals surface area (Å²) in [7, 11) is 0. The maximum absolute atomic E-state index is 12.5. The molecule has 2 aromatic heterocycles. The molecule has 1 unspecified atom stereocenters. The average Bonchev–Trinajstić information content (AvgIpc) is 3.07. The standard InChI is InChI=1S/C17H19N3O2S2/c18-16(22)12-5-8-24-17(12)19-14(21)9-20-6-3-13-11(4-7-23-13)15(20)10-1-2-10/h4-5,7-8,10,15H,1-3,6,9H2,(H2,18,22)(H,19,21)/p+1/t15-/m1/s1. The Hall–Kier alpha value is -1.70. The van der Waals surface area contributed by atoms with Gasteiger partial charge in [0.15, 0.2) is 6.54 Å². The third kappa shape index (κ3) is 2.99. The molecule has 2 amide bonds. The van der Waals surface area contributed by atoms with Gasteiger partial charge in [-0.3, -0.25) is 9.59 Å². The Labute approximate surface area is 148 Å². The second kappa shape index (κ2) is 6.31. The molecule has 3 heterocycles. The van der Waals surface area contributed by atoms with Crippen molar-refractivity contribution in [2.45, 2.75) is 25.3 Å². The van der Waals surface area contributed by atoms with Gasteiger partial charge in [0.1, 0.15) is 11.0 Å². The summed E-state index contributed by atoms with van der Waals surface area (Å²) in [6, 6.07) is 4.34. The van der Waals surface area contributed by atoms with Gasteiger partial charge >= 0.3 is 0 Å². The predicted octanol–water partition coefficient (Wildman–Crippen LogP) is 1.44. The van der Waals surface area contributed by atoms with Gasteiger partial charge in [-0.25, -0.2) is 0 Å². The first-order valence-corrected chi connectivity index (χ1v) is 9.97. The zero-order valence-corrected chi connectivity index (χ0v) is 14.8. The van der Waals surface area contributed by atoms with Crippen molar-refractivity contribution in [3.05, 3.63) is 38.9 Å². The molecule has 0 bridgehead atoms. The van der Waals surface area contributed by atoms with Crippen molar-refractivity contribution in [3.63, 3.8) is 0 Å². The predicted molar refractivity (Wildman–Crippen MR) is 95.7 cm³/mol. The molecule has 2 aliphatic rings. The summed E-state index contributed by atoms with van der Waals surface area (Å²) in [5.74, 6) is 0.166. The van der Waals surface area contributed by atoms with E-state index in [9.17, 15) is 9.59 Å². The molecule has 0 saturated heterocycles. The lowest BCUT2D eigenvalue weighted by atomic mass is 9.96. The summed E-state index contributed by atoms with van der Waals surface area (Å²) in [6.07, 6.45) is 3.58. The fourth-order valence-electron chi connectivity index (χ4n) is 3.67. The Kier molecular flexibility index (Phi) is 4.15. The van der Waals surface area contributed by atoms with Gasteiger partial charge in [-0.2, -0.15) is 0 Å². The molecular formula is C17H20N3O2S2+. The Morgan fingerprint density at radius 1 is 1.25 bits per heavy atom. The molecule has 24 heavy (non-hydrogen) atoms. The van der Waals surface area contributed by atoms with E-state index < -0.39 is 5.91 Å². The van der Waals surface area contributed by atoms with Crippen LogP contribution in [-0.2, 0) is 11.2 Å². The van der Waals surface area contributed by atoms with Crippen LogP contribution in [0.4, 0.5) is 5.00 Å². The molecule has 1 aliphatic heterocycles. The van der Waals surface area contributed by atoms with Crippen molar-refractivity contribution in [2.75, 3.05) is 18.4 Å². The molecule has 5 nitrogen and oxygen atoms in total. The van der Waals surface area contributed by atoms with Crippen molar-refractivity contribution in [1.82, 2.24) is 0 Å². The van der Waals surface area contributed by atoms with Crippen molar-refractivity contribution in [3.8, 4) is 0 Å². The number of rotatable bonds is 5. The van der Waals surface area contributed by atoms with E-state index in [-0.39, 0.29) is 5.91 Å². The maximum Gasteiger partial charge on any atom is 0.280 e. The molecular weight excluding hydrogens is 342 g/mol. The summed E-state index contributed by atoms with van der Waals surface area (Å²) in [5.41, 5.74) is 7.18. The fourth-order valence-corrected chi connectivity index (χ4v) is 5.41. The summed E-state index contributed by atoms with van der Waals surface area (Å²) < 4.78 is 0. The SMILES string of the molecule is NC(=O)c1ccsc1NC(=O)C[NH+]1CCc2sccc2[C@H]1C1CC1. The Morgan fingerprint density at radius 3 is 2.79 bits per heavy atom. The van der Waals surface area contributed by atoms with Crippen LogP contribution in [0.5, 0.6) is 0 Å². The number of anilines is 1. The Balaban J connectivity index is 1.47. The number of nitrogens with two attached hydrogens (primary N) is 1. The van der Waals surface area contributed by atoms with Crippen molar-refractivity contribution >= 4 is 39.5 Å². The van der Waals surface area contributed by atoms with E-state index in [0.717, 1.165) is 13.0 Å². The van der Waals surface area contributed by atoms with E-state index >= 15 is 0 Å². The number of primary amides is 1. The minimum atomic E-state index is -0.504. The summed E-state index contributed by atoms with van der Waals surface area (Å²) in [5, 5.41) is 7.38. The summed E-state index contributed by atoms with van der Waals surface area (Å²) in [4.78, 5) is 26.7. The number of hydrogen-bond donors (Lipinski definition) is 3. The van der Waals surface area contributed by atoms with Crippen LogP contribution in [0.2, 0.25) is 0 Å². The highest BCUT2D eigenvalue weighted by atomic mass is 32.1. The third-order valence-corrected chi connectivity index (χ3v) is 6.72. The van der Waals surface area contributed by atoms with Crippen LogP contribution in [0, 0.1) is 5.92 Å². The smallest absolute Gasteiger partial charge is 0.280 e. The first kappa shape index (κ1) is 15.8. The Bertz CT molecular complexity index is 778. The molecule has 1 fully saturated rings. The van der Waals surface area contributed by atoms with E-state index in [1.54, 1.807) is 11.4 Å². The van der Waals surface area contributed by atoms with Gasteiger partial charge < -0.3 is 16.0 Å². The van der Waals surface area contributed by atoms with Crippen LogP contribution in [0.1, 0.15) is 39.7 Å². The molecule has 0 spiro atoms. The first-order valence-electron chi connectivity index (χ1n) is 8.21. The summed E-state index contributed by atoms with van der Waals surface area (Å²) >= 11 is 3.18. The largest absolute Gasteiger partial charge is 0.366 e. The minimum absolute atomic E-state index is 0.0423. The van der Waals surface area contributed by atoms with Crippen LogP contribution in [0.3, 0.4) is 0 Å². The summed E-state index contributed by atoms with van der Waals surface area (Å²) in [6.45, 7) is 1.43. The lowest BCUT2D eigenvalue weighted by Gasteiger charge is -2.32. The minimum Gasteiger partial charge on any atom is -0.366 e. The first-order chi connectivity index (χ1) is 11.6. The van der Waals surface area contributed by atoms with Crippen molar-refractivity contribution in [1.29, 1.82) is 0 Å². The highest BCUT2D eigenvalue weighted by Crippen LogP contribution is 2.42. The number of thiophene rings is 2. The lowest BCUT2D eigenvalue weighted by molar-refractivity contribution is -0.928. The molecule has 1 saturated carbocycles. The molecule has 1 aliphatic carbocycles. The highest BCUT2D eigenvalue weighted by Gasteiger charge is 2.43. The topological polar surface area (TPSA) is 76.6 Å². The molecule has 126 valence electrons. The maximum atomic E-state index is 12.5. The van der Waals surface area contributed by atoms with Crippen molar-refractivity contribution < 1.29 is 14.5 Å². The molecule has 7 heteroatoms. The molecule has 2 aromatic rings. The molecule has 4 N–H and O–H groups in total. The zero-order valence-electron chi connectivity index (χ0n) is 13.2. The van der Waals surface area contributed by atoms with E-state index in [4.69, 9.17) is 5.73 Å². The van der Waals surface area contributed by atoms with Crippen LogP contribution in [-0.4, -0.2) is 24.9 Å². The van der Waals surface area contributed by atoms with Gasteiger partial charge in [0, 0.05) is 22.8 Å². The monoisotopic (exact) mass is 362 g/mol. The number of hydrogen-bond acceptors (Lipinski definition) is 4. The quantitative estimate of drug-likeness (QED) is 0.753. The van der Waals surface area contributed by atoms with E-state index in [0.29, 0.717) is 29.1 Å². The van der Waals surface area contributed by atoms with E-state index in [1.807, 2.05) is 11.3 Å². The van der Waals surface area contributed by atoms with Gasteiger partial charge in [-0.1, -0.05) is 0 Å². The number of amides is 2.